The van der Waals surface area contributed by atoms with Gasteiger partial charge in [-0.05, 0) is 56.9 Å². The first-order valence-electron chi connectivity index (χ1n) is 8.21. The molecule has 0 spiro atoms. The number of likely N-dealkylation sites (tertiary alicyclic amines) is 1. The summed E-state index contributed by atoms with van der Waals surface area (Å²) in [7, 11) is 0. The molecule has 1 aliphatic rings. The van der Waals surface area contributed by atoms with E-state index in [0.717, 1.165) is 31.5 Å². The van der Waals surface area contributed by atoms with Gasteiger partial charge in [-0.1, -0.05) is 11.6 Å². The molecule has 1 aromatic carbocycles. The molecule has 1 N–H and O–H groups in total. The first-order valence-corrected chi connectivity index (χ1v) is 8.59. The van der Waals surface area contributed by atoms with Crippen molar-refractivity contribution >= 4 is 17.5 Å². The van der Waals surface area contributed by atoms with Crippen LogP contribution in [0.2, 0.25) is 5.02 Å². The minimum atomic E-state index is -0.133. The molecule has 1 fully saturated rings. The topological polar surface area (TPSA) is 71.2 Å². The molecule has 1 aliphatic heterocycles. The minimum Gasteiger partial charge on any atom is -0.396 e. The molecule has 0 bridgehead atoms. The number of aliphatic hydroxyl groups excluding tert-OH is 1. The summed E-state index contributed by atoms with van der Waals surface area (Å²) in [5, 5.41) is 14.1. The normalized spacial score (nSPS) is 17.5. The highest BCUT2D eigenvalue weighted by molar-refractivity contribution is 6.30. The fourth-order valence-electron chi connectivity index (χ4n) is 3.17. The lowest BCUT2D eigenvalue weighted by molar-refractivity contribution is 0.0712. The smallest absolute Gasteiger partial charge is 0.293 e. The molecule has 1 saturated heterocycles. The van der Waals surface area contributed by atoms with Crippen LogP contribution in [0.5, 0.6) is 0 Å². The van der Waals surface area contributed by atoms with Crippen LogP contribution >= 0.6 is 11.6 Å². The molecule has 7 heteroatoms. The van der Waals surface area contributed by atoms with E-state index in [1.807, 2.05) is 24.0 Å². The van der Waals surface area contributed by atoms with Gasteiger partial charge in [-0.2, -0.15) is 0 Å². The molecule has 0 saturated carbocycles. The zero-order chi connectivity index (χ0) is 17.1. The predicted octanol–water partition coefficient (Wildman–Crippen LogP) is 2.61. The Balaban J connectivity index is 1.81. The fourth-order valence-corrected chi connectivity index (χ4v) is 3.29. The third kappa shape index (κ3) is 3.44. The van der Waals surface area contributed by atoms with E-state index < -0.39 is 0 Å². The van der Waals surface area contributed by atoms with E-state index in [0.29, 0.717) is 17.3 Å². The summed E-state index contributed by atoms with van der Waals surface area (Å²) in [6, 6.07) is 7.43. The van der Waals surface area contributed by atoms with Gasteiger partial charge in [-0.3, -0.25) is 4.79 Å². The number of aryl methyl sites for hydroxylation is 1. The van der Waals surface area contributed by atoms with Gasteiger partial charge in [0.05, 0.1) is 5.69 Å². The molecule has 3 rings (SSSR count). The number of hydrogen-bond donors (Lipinski definition) is 1. The van der Waals surface area contributed by atoms with Gasteiger partial charge in [0.15, 0.2) is 0 Å². The van der Waals surface area contributed by atoms with Crippen molar-refractivity contribution < 1.29 is 9.90 Å². The van der Waals surface area contributed by atoms with Crippen molar-refractivity contribution in [3.63, 3.8) is 0 Å². The molecule has 0 aliphatic carbocycles. The molecule has 6 nitrogen and oxygen atoms in total. The van der Waals surface area contributed by atoms with Crippen molar-refractivity contribution in [2.45, 2.75) is 38.6 Å². The van der Waals surface area contributed by atoms with Crippen LogP contribution in [0.15, 0.2) is 24.3 Å². The molecule has 1 aromatic heterocycles. The zero-order valence-electron chi connectivity index (χ0n) is 13.7. The number of benzene rings is 1. The maximum Gasteiger partial charge on any atom is 0.293 e. The molecule has 0 radical (unpaired) electrons. The lowest BCUT2D eigenvalue weighted by atomic mass is 10.1. The Morgan fingerprint density at radius 2 is 2.12 bits per heavy atom. The van der Waals surface area contributed by atoms with Gasteiger partial charge in [-0.15, -0.1) is 5.10 Å². The van der Waals surface area contributed by atoms with Crippen LogP contribution in [-0.2, 0) is 0 Å². The van der Waals surface area contributed by atoms with E-state index in [1.165, 1.54) is 0 Å². The number of amides is 1. The van der Waals surface area contributed by atoms with Crippen molar-refractivity contribution in [2.75, 3.05) is 13.2 Å². The summed E-state index contributed by atoms with van der Waals surface area (Å²) >= 11 is 5.91. The highest BCUT2D eigenvalue weighted by Crippen LogP contribution is 2.23. The average Bonchev–Trinajstić information content (AvgIpc) is 3.19. The number of carbonyl (C=O) groups is 1. The molecular weight excluding hydrogens is 328 g/mol. The number of halogens is 1. The highest BCUT2D eigenvalue weighted by Gasteiger charge is 2.31. The Kier molecular flexibility index (Phi) is 5.16. The maximum absolute atomic E-state index is 12.8. The van der Waals surface area contributed by atoms with Crippen LogP contribution in [0, 0.1) is 6.92 Å². The Morgan fingerprint density at radius 3 is 2.83 bits per heavy atom. The minimum absolute atomic E-state index is 0.133. The molecule has 128 valence electrons. The third-order valence-corrected chi connectivity index (χ3v) is 4.62. The lowest BCUT2D eigenvalue weighted by Crippen LogP contribution is -2.36. The molecule has 24 heavy (non-hydrogen) atoms. The first-order chi connectivity index (χ1) is 11.6. The van der Waals surface area contributed by atoms with Crippen LogP contribution < -0.4 is 0 Å². The first kappa shape index (κ1) is 16.9. The Bertz CT molecular complexity index is 714. The number of carbonyl (C=O) groups excluding carboxylic acids is 1. The van der Waals surface area contributed by atoms with E-state index in [4.69, 9.17) is 16.7 Å². The maximum atomic E-state index is 12.8. The largest absolute Gasteiger partial charge is 0.396 e. The van der Waals surface area contributed by atoms with Crippen LogP contribution in [0.1, 0.15) is 42.1 Å². The second kappa shape index (κ2) is 7.32. The lowest BCUT2D eigenvalue weighted by Gasteiger charge is -2.23. The SMILES string of the molecule is Cc1nc(C(=O)N2CCCC2CCCO)nn1-c1ccc(Cl)cc1. The van der Waals surface area contributed by atoms with Gasteiger partial charge < -0.3 is 10.0 Å². The Labute approximate surface area is 146 Å². The van der Waals surface area contributed by atoms with Crippen LogP contribution in [-0.4, -0.2) is 49.9 Å². The van der Waals surface area contributed by atoms with Gasteiger partial charge in [0.2, 0.25) is 5.82 Å². The van der Waals surface area contributed by atoms with E-state index in [-0.39, 0.29) is 24.4 Å². The number of aliphatic hydroxyl groups is 1. The number of aromatic nitrogens is 3. The van der Waals surface area contributed by atoms with E-state index >= 15 is 0 Å². The molecule has 1 atom stereocenters. The monoisotopic (exact) mass is 348 g/mol. The Hall–Kier alpha value is -1.92. The van der Waals surface area contributed by atoms with Gasteiger partial charge in [-0.25, -0.2) is 9.67 Å². The quantitative estimate of drug-likeness (QED) is 0.901. The van der Waals surface area contributed by atoms with Crippen molar-refractivity contribution in [2.24, 2.45) is 0 Å². The van der Waals surface area contributed by atoms with Crippen LogP contribution in [0.25, 0.3) is 5.69 Å². The molecule has 2 aromatic rings. The number of rotatable bonds is 5. The molecule has 2 heterocycles. The highest BCUT2D eigenvalue weighted by atomic mass is 35.5. The van der Waals surface area contributed by atoms with Crippen molar-refractivity contribution in [1.29, 1.82) is 0 Å². The zero-order valence-corrected chi connectivity index (χ0v) is 14.4. The van der Waals surface area contributed by atoms with E-state index in [2.05, 4.69) is 10.1 Å². The van der Waals surface area contributed by atoms with Crippen molar-refractivity contribution in [3.8, 4) is 5.69 Å². The van der Waals surface area contributed by atoms with Crippen LogP contribution in [0.4, 0.5) is 0 Å². The van der Waals surface area contributed by atoms with E-state index in [1.54, 1.807) is 16.8 Å². The van der Waals surface area contributed by atoms with Gasteiger partial charge in [0.1, 0.15) is 5.82 Å². The van der Waals surface area contributed by atoms with Crippen molar-refractivity contribution in [3.05, 3.63) is 40.9 Å². The summed E-state index contributed by atoms with van der Waals surface area (Å²) in [5.41, 5.74) is 0.821. The van der Waals surface area contributed by atoms with Crippen LogP contribution in [0.3, 0.4) is 0 Å². The molecular formula is C17H21ClN4O2. The third-order valence-electron chi connectivity index (χ3n) is 4.36. The van der Waals surface area contributed by atoms with Gasteiger partial charge in [0.25, 0.3) is 5.91 Å². The summed E-state index contributed by atoms with van der Waals surface area (Å²) in [4.78, 5) is 19.0. The van der Waals surface area contributed by atoms with Gasteiger partial charge >= 0.3 is 0 Å². The summed E-state index contributed by atoms with van der Waals surface area (Å²) in [6.45, 7) is 2.70. The number of nitrogens with zero attached hydrogens (tertiary/aromatic N) is 4. The standard InChI is InChI=1S/C17H21ClN4O2/c1-12-19-16(20-22(12)15-8-6-13(18)7-9-15)17(24)21-10-2-4-14(21)5-3-11-23/h6-9,14,23H,2-5,10-11H2,1H3. The summed E-state index contributed by atoms with van der Waals surface area (Å²) in [6.07, 6.45) is 3.49. The van der Waals surface area contributed by atoms with Crippen molar-refractivity contribution in [1.82, 2.24) is 19.7 Å². The Morgan fingerprint density at radius 1 is 1.38 bits per heavy atom. The summed E-state index contributed by atoms with van der Waals surface area (Å²) in [5.74, 6) is 0.747. The molecule has 1 amide bonds. The second-order valence-electron chi connectivity index (χ2n) is 6.03. The predicted molar refractivity (Wildman–Crippen MR) is 91.5 cm³/mol. The molecule has 1 unspecified atom stereocenters. The second-order valence-corrected chi connectivity index (χ2v) is 6.47. The fraction of sp³-hybridized carbons (Fsp3) is 0.471. The average molecular weight is 349 g/mol. The van der Waals surface area contributed by atoms with E-state index in [9.17, 15) is 4.79 Å². The van der Waals surface area contributed by atoms with Gasteiger partial charge in [0, 0.05) is 24.2 Å². The summed E-state index contributed by atoms with van der Waals surface area (Å²) < 4.78 is 1.66. The number of hydrogen-bond acceptors (Lipinski definition) is 4.